The quantitative estimate of drug-likeness (QED) is 0.646. The normalized spacial score (nSPS) is 15.1. The number of nitrogens with one attached hydrogen (secondary N) is 1. The number of para-hydroxylation sites is 1. The van der Waals surface area contributed by atoms with Gasteiger partial charge >= 0.3 is 5.97 Å². The first kappa shape index (κ1) is 18.3. The molecule has 0 radical (unpaired) electrons. The number of rotatable bonds is 4. The summed E-state index contributed by atoms with van der Waals surface area (Å²) in [6, 6.07) is 11.9. The maximum Gasteiger partial charge on any atom is 0.338 e. The van der Waals surface area contributed by atoms with E-state index >= 15 is 0 Å². The molecule has 0 unspecified atom stereocenters. The lowest BCUT2D eigenvalue weighted by Crippen LogP contribution is -3.13. The van der Waals surface area contributed by atoms with E-state index in [9.17, 15) is 4.79 Å². The van der Waals surface area contributed by atoms with Crippen LogP contribution in [0.5, 0.6) is 0 Å². The molecule has 2 aromatic carbocycles. The third-order valence-corrected chi connectivity index (χ3v) is 5.27. The zero-order chi connectivity index (χ0) is 18.7. The van der Waals surface area contributed by atoms with Crippen molar-refractivity contribution in [1.82, 2.24) is 0 Å². The highest BCUT2D eigenvalue weighted by Gasteiger charge is 2.25. The van der Waals surface area contributed by atoms with E-state index < -0.39 is 0 Å². The molecule has 1 fully saturated rings. The predicted molar refractivity (Wildman–Crippen MR) is 105 cm³/mol. The number of methoxy groups -OCH3 is 1. The summed E-state index contributed by atoms with van der Waals surface area (Å²) in [4.78, 5) is 16.0. The monoisotopic (exact) mass is 354 g/mol. The van der Waals surface area contributed by atoms with Crippen molar-refractivity contribution in [1.29, 1.82) is 0 Å². The van der Waals surface area contributed by atoms with Gasteiger partial charge in [-0.25, -0.2) is 4.79 Å². The lowest BCUT2D eigenvalue weighted by Gasteiger charge is -2.35. The number of nitrogens with two attached hydrogens (primary N) is 1. The van der Waals surface area contributed by atoms with Gasteiger partial charge in [-0.3, -0.25) is 0 Å². The van der Waals surface area contributed by atoms with E-state index in [1.807, 2.05) is 6.07 Å². The van der Waals surface area contributed by atoms with Crippen molar-refractivity contribution >= 4 is 17.3 Å². The van der Waals surface area contributed by atoms with Gasteiger partial charge in [-0.15, -0.1) is 0 Å². The number of hydrogen-bond donors (Lipinski definition) is 2. The molecule has 1 aliphatic heterocycles. The Morgan fingerprint density at radius 1 is 1.12 bits per heavy atom. The molecule has 0 atom stereocenters. The number of ether oxygens (including phenoxy) is 1. The summed E-state index contributed by atoms with van der Waals surface area (Å²) in [6.45, 7) is 9.13. The Morgan fingerprint density at radius 2 is 1.73 bits per heavy atom. The van der Waals surface area contributed by atoms with Crippen LogP contribution in [0.4, 0.5) is 11.4 Å². The van der Waals surface area contributed by atoms with Gasteiger partial charge in [-0.05, 0) is 37.1 Å². The number of anilines is 2. The highest BCUT2D eigenvalue weighted by Crippen LogP contribution is 2.24. The lowest BCUT2D eigenvalue weighted by atomic mass is 10.0. The first-order valence-electron chi connectivity index (χ1n) is 9.11. The fourth-order valence-corrected chi connectivity index (χ4v) is 3.88. The number of quaternary nitrogens is 1. The van der Waals surface area contributed by atoms with Crippen molar-refractivity contribution in [2.75, 3.05) is 43.9 Å². The van der Waals surface area contributed by atoms with E-state index in [-0.39, 0.29) is 5.97 Å². The zero-order valence-corrected chi connectivity index (χ0v) is 15.8. The molecule has 138 valence electrons. The number of carbonyl (C=O) groups excluding carboxylic acids is 1. The summed E-state index contributed by atoms with van der Waals surface area (Å²) in [5.74, 6) is -0.319. The number of nitrogens with zero attached hydrogens (tertiary/aromatic N) is 1. The maximum absolute atomic E-state index is 12.0. The molecule has 0 spiro atoms. The molecular formula is C21H28N3O2+. The predicted octanol–water partition coefficient (Wildman–Crippen LogP) is 1.58. The molecule has 3 rings (SSSR count). The highest BCUT2D eigenvalue weighted by atomic mass is 16.5. The molecule has 5 nitrogen and oxygen atoms in total. The average molecular weight is 354 g/mol. The molecule has 26 heavy (non-hydrogen) atoms. The van der Waals surface area contributed by atoms with Crippen LogP contribution in [0.1, 0.15) is 27.0 Å². The Morgan fingerprint density at radius 3 is 2.35 bits per heavy atom. The van der Waals surface area contributed by atoms with Crippen molar-refractivity contribution < 1.29 is 14.4 Å². The first-order chi connectivity index (χ1) is 12.5. The summed E-state index contributed by atoms with van der Waals surface area (Å²) in [6.07, 6.45) is 0. The fourth-order valence-electron chi connectivity index (χ4n) is 3.88. The largest absolute Gasteiger partial charge is 0.465 e. The van der Waals surface area contributed by atoms with Crippen molar-refractivity contribution in [3.63, 3.8) is 0 Å². The van der Waals surface area contributed by atoms with E-state index in [1.54, 1.807) is 12.1 Å². The van der Waals surface area contributed by atoms with E-state index in [2.05, 4.69) is 36.9 Å². The third-order valence-electron chi connectivity index (χ3n) is 5.27. The molecule has 0 saturated carbocycles. The van der Waals surface area contributed by atoms with Crippen LogP contribution in [0, 0.1) is 13.8 Å². The molecule has 0 aliphatic carbocycles. The van der Waals surface area contributed by atoms with Gasteiger partial charge in [-0.2, -0.15) is 0 Å². The molecule has 3 N–H and O–H groups in total. The zero-order valence-electron chi connectivity index (χ0n) is 15.8. The van der Waals surface area contributed by atoms with Crippen molar-refractivity contribution in [3.05, 3.63) is 58.7 Å². The molecule has 1 aliphatic rings. The Kier molecular flexibility index (Phi) is 5.47. The summed E-state index contributed by atoms with van der Waals surface area (Å²) >= 11 is 0. The topological polar surface area (TPSA) is 60.0 Å². The van der Waals surface area contributed by atoms with E-state index in [4.69, 9.17) is 10.5 Å². The van der Waals surface area contributed by atoms with Gasteiger partial charge < -0.3 is 20.3 Å². The van der Waals surface area contributed by atoms with Gasteiger partial charge in [0.15, 0.2) is 0 Å². The number of aryl methyl sites for hydroxylation is 2. The Hall–Kier alpha value is -2.53. The van der Waals surface area contributed by atoms with Gasteiger partial charge in [0.05, 0.1) is 38.9 Å². The number of benzene rings is 2. The van der Waals surface area contributed by atoms with Gasteiger partial charge in [0.1, 0.15) is 6.54 Å². The molecular weight excluding hydrogens is 326 g/mol. The number of nitrogen functional groups attached to an aromatic ring is 1. The van der Waals surface area contributed by atoms with Crippen LogP contribution in [0.3, 0.4) is 0 Å². The third kappa shape index (κ3) is 3.68. The molecule has 0 amide bonds. The van der Waals surface area contributed by atoms with E-state index in [1.165, 1.54) is 28.8 Å². The summed E-state index contributed by atoms with van der Waals surface area (Å²) in [5, 5.41) is 0. The minimum absolute atomic E-state index is 0.319. The number of esters is 1. The van der Waals surface area contributed by atoms with E-state index in [0.29, 0.717) is 11.3 Å². The lowest BCUT2D eigenvalue weighted by molar-refractivity contribution is -0.914. The van der Waals surface area contributed by atoms with Crippen LogP contribution in [0.2, 0.25) is 0 Å². The van der Waals surface area contributed by atoms with Crippen LogP contribution in [0.15, 0.2) is 36.4 Å². The SMILES string of the molecule is COC(=O)c1cccc(N)c1C[NH+]1CCN(c2c(C)cccc2C)CC1. The molecule has 0 aromatic heterocycles. The summed E-state index contributed by atoms with van der Waals surface area (Å²) in [7, 11) is 1.41. The van der Waals surface area contributed by atoms with Crippen molar-refractivity contribution in [3.8, 4) is 0 Å². The molecule has 2 aromatic rings. The van der Waals surface area contributed by atoms with Gasteiger partial charge in [0.25, 0.3) is 0 Å². The molecule has 1 saturated heterocycles. The van der Waals surface area contributed by atoms with Crippen molar-refractivity contribution in [2.24, 2.45) is 0 Å². The standard InChI is InChI=1S/C21H27N3O2/c1-15-6-4-7-16(2)20(15)24-12-10-23(11-13-24)14-18-17(21(25)26-3)8-5-9-19(18)22/h4-9H,10-14,22H2,1-3H3/p+1. The molecule has 5 heteroatoms. The number of piperazine rings is 1. The van der Waals surface area contributed by atoms with Gasteiger partial charge in [0.2, 0.25) is 0 Å². The van der Waals surface area contributed by atoms with Crippen LogP contribution in [0.25, 0.3) is 0 Å². The summed E-state index contributed by atoms with van der Waals surface area (Å²) < 4.78 is 4.91. The van der Waals surface area contributed by atoms with Crippen molar-refractivity contribution in [2.45, 2.75) is 20.4 Å². The Bertz CT molecular complexity index is 776. The fraction of sp³-hybridized carbons (Fsp3) is 0.381. The molecule has 0 bridgehead atoms. The highest BCUT2D eigenvalue weighted by molar-refractivity contribution is 5.92. The average Bonchev–Trinajstić information content (AvgIpc) is 2.64. The second kappa shape index (κ2) is 7.79. The Labute approximate surface area is 155 Å². The first-order valence-corrected chi connectivity index (χ1v) is 9.11. The second-order valence-electron chi connectivity index (χ2n) is 7.02. The van der Waals surface area contributed by atoms with Crippen LogP contribution in [-0.4, -0.2) is 39.3 Å². The minimum Gasteiger partial charge on any atom is -0.465 e. The van der Waals surface area contributed by atoms with Crippen LogP contribution >= 0.6 is 0 Å². The maximum atomic E-state index is 12.0. The minimum atomic E-state index is -0.319. The number of hydrogen-bond acceptors (Lipinski definition) is 4. The van der Waals surface area contributed by atoms with Crippen LogP contribution in [-0.2, 0) is 11.3 Å². The van der Waals surface area contributed by atoms with Crippen LogP contribution < -0.4 is 15.5 Å². The summed E-state index contributed by atoms with van der Waals surface area (Å²) in [5.41, 5.74) is 12.3. The smallest absolute Gasteiger partial charge is 0.338 e. The van der Waals surface area contributed by atoms with Gasteiger partial charge in [0, 0.05) is 16.9 Å². The Balaban J connectivity index is 1.71. The van der Waals surface area contributed by atoms with E-state index in [0.717, 1.165) is 38.3 Å². The second-order valence-corrected chi connectivity index (χ2v) is 7.02. The van der Waals surface area contributed by atoms with Gasteiger partial charge in [-0.1, -0.05) is 24.3 Å². The number of carbonyl (C=O) groups is 1. The molecule has 1 heterocycles.